The predicted molar refractivity (Wildman–Crippen MR) is 103 cm³/mol. The number of carbonyl (C=O) groups excluding carboxylic acids is 1. The van der Waals surface area contributed by atoms with Gasteiger partial charge in [-0.15, -0.1) is 11.3 Å². The fourth-order valence-corrected chi connectivity index (χ4v) is 3.62. The molecule has 0 aliphatic rings. The summed E-state index contributed by atoms with van der Waals surface area (Å²) in [7, 11) is 1.62. The molecular formula is C19H16N4O2S. The van der Waals surface area contributed by atoms with E-state index in [0.717, 1.165) is 27.4 Å². The van der Waals surface area contributed by atoms with Crippen molar-refractivity contribution in [1.29, 1.82) is 0 Å². The minimum absolute atomic E-state index is 0.229. The number of thiazole rings is 1. The molecule has 0 atom stereocenters. The number of hydrogen-bond acceptors (Lipinski definition) is 5. The van der Waals surface area contributed by atoms with E-state index in [2.05, 4.69) is 20.3 Å². The van der Waals surface area contributed by atoms with Crippen molar-refractivity contribution in [2.45, 2.75) is 6.92 Å². The molecule has 0 saturated carbocycles. The highest BCUT2D eigenvalue weighted by atomic mass is 32.1. The average Bonchev–Trinajstić information content (AvgIpc) is 3.24. The molecule has 0 spiro atoms. The number of imidazole rings is 1. The fraction of sp³-hybridized carbons (Fsp3) is 0.105. The molecule has 2 aromatic carbocycles. The monoisotopic (exact) mass is 364 g/mol. The van der Waals surface area contributed by atoms with Crippen molar-refractivity contribution >= 4 is 34.2 Å². The van der Waals surface area contributed by atoms with Gasteiger partial charge in [0.1, 0.15) is 15.6 Å². The Kier molecular flexibility index (Phi) is 4.14. The number of H-pyrrole nitrogens is 1. The third kappa shape index (κ3) is 3.04. The van der Waals surface area contributed by atoms with Crippen molar-refractivity contribution in [2.24, 2.45) is 0 Å². The van der Waals surface area contributed by atoms with Gasteiger partial charge in [-0.2, -0.15) is 0 Å². The second-order valence-corrected chi connectivity index (χ2v) is 6.72. The first-order chi connectivity index (χ1) is 12.6. The zero-order valence-electron chi connectivity index (χ0n) is 14.2. The molecule has 0 aliphatic carbocycles. The summed E-state index contributed by atoms with van der Waals surface area (Å²) >= 11 is 1.35. The zero-order valence-corrected chi connectivity index (χ0v) is 15.1. The molecule has 0 fully saturated rings. The summed E-state index contributed by atoms with van der Waals surface area (Å²) in [6.45, 7) is 1.83. The Morgan fingerprint density at radius 2 is 2.00 bits per heavy atom. The molecule has 0 unspecified atom stereocenters. The van der Waals surface area contributed by atoms with Crippen LogP contribution in [0.15, 0.2) is 48.5 Å². The summed E-state index contributed by atoms with van der Waals surface area (Å²) in [5, 5.41) is 3.59. The van der Waals surface area contributed by atoms with Gasteiger partial charge in [0, 0.05) is 5.56 Å². The summed E-state index contributed by atoms with van der Waals surface area (Å²) in [5.41, 5.74) is 3.28. The van der Waals surface area contributed by atoms with E-state index in [9.17, 15) is 4.79 Å². The number of aryl methyl sites for hydroxylation is 1. The van der Waals surface area contributed by atoms with Crippen molar-refractivity contribution in [1.82, 2.24) is 15.0 Å². The highest BCUT2D eigenvalue weighted by Gasteiger charge is 2.18. The number of ether oxygens (including phenoxy) is 1. The Morgan fingerprint density at radius 1 is 1.15 bits per heavy atom. The number of carbonyl (C=O) groups is 1. The van der Waals surface area contributed by atoms with Crippen LogP contribution in [0.5, 0.6) is 5.75 Å². The van der Waals surface area contributed by atoms with Crippen molar-refractivity contribution in [3.8, 4) is 16.3 Å². The lowest BCUT2D eigenvalue weighted by atomic mass is 10.2. The number of anilines is 1. The molecule has 2 N–H and O–H groups in total. The Hall–Kier alpha value is -3.19. The Morgan fingerprint density at radius 3 is 2.81 bits per heavy atom. The van der Waals surface area contributed by atoms with Crippen LogP contribution < -0.4 is 10.1 Å². The van der Waals surface area contributed by atoms with Crippen molar-refractivity contribution in [3.63, 3.8) is 0 Å². The van der Waals surface area contributed by atoms with Crippen LogP contribution in [-0.2, 0) is 0 Å². The Labute approximate surface area is 153 Å². The number of benzene rings is 2. The molecule has 130 valence electrons. The molecule has 2 aromatic heterocycles. The minimum Gasteiger partial charge on any atom is -0.497 e. The Bertz CT molecular complexity index is 1070. The van der Waals surface area contributed by atoms with E-state index in [0.29, 0.717) is 16.5 Å². The molecular weight excluding hydrogens is 348 g/mol. The fourth-order valence-electron chi connectivity index (χ4n) is 2.66. The number of para-hydroxylation sites is 2. The molecule has 7 heteroatoms. The SMILES string of the molecule is COc1cccc(-c2nc(C)c(C(=O)Nc3nc4ccccc4[nH]3)s2)c1. The number of methoxy groups -OCH3 is 1. The first-order valence-corrected chi connectivity index (χ1v) is 8.83. The van der Waals surface area contributed by atoms with Crippen LogP contribution in [0.2, 0.25) is 0 Å². The van der Waals surface area contributed by atoms with Crippen LogP contribution in [0, 0.1) is 6.92 Å². The van der Waals surface area contributed by atoms with E-state index in [4.69, 9.17) is 4.74 Å². The molecule has 0 aliphatic heterocycles. The van der Waals surface area contributed by atoms with Crippen molar-refractivity contribution in [3.05, 3.63) is 59.1 Å². The van der Waals surface area contributed by atoms with Gasteiger partial charge in [-0.1, -0.05) is 24.3 Å². The first kappa shape index (κ1) is 16.3. The molecule has 4 aromatic rings. The van der Waals surface area contributed by atoms with Crippen LogP contribution in [0.3, 0.4) is 0 Å². The smallest absolute Gasteiger partial charge is 0.269 e. The van der Waals surface area contributed by atoms with Gasteiger partial charge >= 0.3 is 0 Å². The molecule has 26 heavy (non-hydrogen) atoms. The number of nitrogens with one attached hydrogen (secondary N) is 2. The van der Waals surface area contributed by atoms with Crippen LogP contribution >= 0.6 is 11.3 Å². The van der Waals surface area contributed by atoms with Gasteiger partial charge in [0.05, 0.1) is 23.8 Å². The van der Waals surface area contributed by atoms with Crippen LogP contribution in [0.1, 0.15) is 15.4 Å². The van der Waals surface area contributed by atoms with Crippen LogP contribution in [-0.4, -0.2) is 28.0 Å². The standard InChI is InChI=1S/C19H16N4O2S/c1-11-16(26-18(20-11)12-6-5-7-13(10-12)25-2)17(24)23-19-21-14-8-3-4-9-15(14)22-19/h3-10H,1-2H3,(H2,21,22,23,24). The first-order valence-electron chi connectivity index (χ1n) is 8.02. The molecule has 2 heterocycles. The maximum absolute atomic E-state index is 12.7. The van der Waals surface area contributed by atoms with E-state index < -0.39 is 0 Å². The number of nitrogens with zero attached hydrogens (tertiary/aromatic N) is 2. The average molecular weight is 364 g/mol. The number of aromatic amines is 1. The van der Waals surface area contributed by atoms with Crippen LogP contribution in [0.4, 0.5) is 5.95 Å². The predicted octanol–water partition coefficient (Wildman–Crippen LogP) is 4.26. The molecule has 0 bridgehead atoms. The van der Waals surface area contributed by atoms with Gasteiger partial charge in [0.25, 0.3) is 5.91 Å². The molecule has 0 radical (unpaired) electrons. The Balaban J connectivity index is 1.61. The lowest BCUT2D eigenvalue weighted by molar-refractivity contribution is 0.102. The largest absolute Gasteiger partial charge is 0.497 e. The number of hydrogen-bond donors (Lipinski definition) is 2. The molecule has 0 saturated heterocycles. The van der Waals surface area contributed by atoms with E-state index in [1.807, 2.05) is 55.5 Å². The third-order valence-electron chi connectivity index (χ3n) is 3.94. The molecule has 1 amide bonds. The normalized spacial score (nSPS) is 10.8. The number of rotatable bonds is 4. The van der Waals surface area contributed by atoms with E-state index in [1.54, 1.807) is 7.11 Å². The third-order valence-corrected chi connectivity index (χ3v) is 5.15. The lowest BCUT2D eigenvalue weighted by Crippen LogP contribution is -2.12. The van der Waals surface area contributed by atoms with Gasteiger partial charge in [0.15, 0.2) is 0 Å². The maximum Gasteiger partial charge on any atom is 0.269 e. The van der Waals surface area contributed by atoms with Gasteiger partial charge < -0.3 is 9.72 Å². The van der Waals surface area contributed by atoms with Gasteiger partial charge in [-0.05, 0) is 31.2 Å². The van der Waals surface area contributed by atoms with Gasteiger partial charge in [-0.25, -0.2) is 9.97 Å². The van der Waals surface area contributed by atoms with Crippen molar-refractivity contribution in [2.75, 3.05) is 12.4 Å². The van der Waals surface area contributed by atoms with Crippen LogP contribution in [0.25, 0.3) is 21.6 Å². The number of aromatic nitrogens is 3. The van der Waals surface area contributed by atoms with E-state index >= 15 is 0 Å². The second-order valence-electron chi connectivity index (χ2n) is 5.72. The highest BCUT2D eigenvalue weighted by molar-refractivity contribution is 7.17. The summed E-state index contributed by atoms with van der Waals surface area (Å²) in [4.78, 5) is 25.2. The minimum atomic E-state index is -0.229. The highest BCUT2D eigenvalue weighted by Crippen LogP contribution is 2.30. The summed E-state index contributed by atoms with van der Waals surface area (Å²) in [6.07, 6.45) is 0. The quantitative estimate of drug-likeness (QED) is 0.567. The lowest BCUT2D eigenvalue weighted by Gasteiger charge is -2.01. The molecule has 6 nitrogen and oxygen atoms in total. The van der Waals surface area contributed by atoms with E-state index in [1.165, 1.54) is 11.3 Å². The van der Waals surface area contributed by atoms with Gasteiger partial charge in [0.2, 0.25) is 5.95 Å². The maximum atomic E-state index is 12.7. The molecule has 4 rings (SSSR count). The summed E-state index contributed by atoms with van der Waals surface area (Å²) in [5.74, 6) is 0.948. The number of amides is 1. The zero-order chi connectivity index (χ0) is 18.1. The summed E-state index contributed by atoms with van der Waals surface area (Å²) < 4.78 is 5.25. The van der Waals surface area contributed by atoms with Gasteiger partial charge in [-0.3, -0.25) is 10.1 Å². The second kappa shape index (κ2) is 6.61. The van der Waals surface area contributed by atoms with E-state index in [-0.39, 0.29) is 5.91 Å². The summed E-state index contributed by atoms with van der Waals surface area (Å²) in [6, 6.07) is 15.2. The topological polar surface area (TPSA) is 79.9 Å². The van der Waals surface area contributed by atoms with Crippen molar-refractivity contribution < 1.29 is 9.53 Å². The number of fused-ring (bicyclic) bond motifs is 1.